The number of benzene rings is 1. The SMILES string of the molecule is CC.CC.CNc1ccc(C=O)c(C(=O)N(C)C2CCC(=O)NC2=O)c1. The van der Waals surface area contributed by atoms with Crippen LogP contribution in [0.25, 0.3) is 0 Å². The molecule has 1 aromatic rings. The van der Waals surface area contributed by atoms with E-state index in [1.165, 1.54) is 11.9 Å². The van der Waals surface area contributed by atoms with Crippen molar-refractivity contribution in [3.8, 4) is 0 Å². The molecule has 1 unspecified atom stereocenters. The molecule has 2 N–H and O–H groups in total. The van der Waals surface area contributed by atoms with E-state index in [-0.39, 0.29) is 29.9 Å². The Balaban J connectivity index is 0.00000146. The highest BCUT2D eigenvalue weighted by Gasteiger charge is 2.33. The van der Waals surface area contributed by atoms with Gasteiger partial charge in [-0.1, -0.05) is 27.7 Å². The first kappa shape index (κ1) is 23.3. The van der Waals surface area contributed by atoms with E-state index in [0.29, 0.717) is 12.0 Å². The Morgan fingerprint density at radius 3 is 2.35 bits per heavy atom. The molecule has 0 aromatic heterocycles. The molecule has 1 aliphatic rings. The van der Waals surface area contributed by atoms with Gasteiger partial charge in [-0.25, -0.2) is 0 Å². The quantitative estimate of drug-likeness (QED) is 0.633. The van der Waals surface area contributed by atoms with Crippen molar-refractivity contribution >= 4 is 29.7 Å². The molecule has 3 amide bonds. The highest BCUT2D eigenvalue weighted by atomic mass is 16.2. The zero-order chi connectivity index (χ0) is 20.3. The lowest BCUT2D eigenvalue weighted by Gasteiger charge is -2.30. The standard InChI is InChI=1S/C15H17N3O4.2C2H6/c1-16-10-4-3-9(8-19)11(7-10)15(22)18(2)12-5-6-13(20)17-14(12)21;2*1-2/h3-4,7-8,12,16H,5-6H2,1-2H3,(H,17,20,21);2*1-2H3. The number of hydrogen-bond acceptors (Lipinski definition) is 5. The zero-order valence-electron chi connectivity index (χ0n) is 16.4. The molecule has 1 atom stereocenters. The van der Waals surface area contributed by atoms with Crippen molar-refractivity contribution in [3.05, 3.63) is 29.3 Å². The van der Waals surface area contributed by atoms with E-state index >= 15 is 0 Å². The third kappa shape index (κ3) is 5.68. The Labute approximate surface area is 155 Å². The van der Waals surface area contributed by atoms with Crippen LogP contribution >= 0.6 is 0 Å². The molecule has 7 heteroatoms. The number of likely N-dealkylation sites (N-methyl/N-ethyl adjacent to an activating group) is 1. The second kappa shape index (κ2) is 11.8. The van der Waals surface area contributed by atoms with Crippen molar-refractivity contribution in [2.75, 3.05) is 19.4 Å². The molecule has 1 fully saturated rings. The molecule has 0 radical (unpaired) electrons. The molecule has 2 rings (SSSR count). The lowest BCUT2D eigenvalue weighted by molar-refractivity contribution is -0.136. The Morgan fingerprint density at radius 2 is 1.85 bits per heavy atom. The number of imide groups is 1. The summed E-state index contributed by atoms with van der Waals surface area (Å²) in [5.74, 6) is -1.27. The van der Waals surface area contributed by atoms with Gasteiger partial charge in [0.05, 0.1) is 5.56 Å². The predicted molar refractivity (Wildman–Crippen MR) is 102 cm³/mol. The number of nitrogens with zero attached hydrogens (tertiary/aromatic N) is 1. The van der Waals surface area contributed by atoms with Gasteiger partial charge < -0.3 is 10.2 Å². The van der Waals surface area contributed by atoms with Crippen LogP contribution in [0.2, 0.25) is 0 Å². The molecule has 144 valence electrons. The summed E-state index contributed by atoms with van der Waals surface area (Å²) in [4.78, 5) is 48.0. The average Bonchev–Trinajstić information content (AvgIpc) is 2.69. The lowest BCUT2D eigenvalue weighted by atomic mass is 10.0. The van der Waals surface area contributed by atoms with Crippen LogP contribution in [-0.4, -0.2) is 49.0 Å². The number of nitrogens with one attached hydrogen (secondary N) is 2. The summed E-state index contributed by atoms with van der Waals surface area (Å²) in [6.45, 7) is 8.00. The molecule has 1 saturated heterocycles. The molecule has 0 saturated carbocycles. The Kier molecular flexibility index (Phi) is 10.6. The fourth-order valence-electron chi connectivity index (χ4n) is 2.38. The van der Waals surface area contributed by atoms with Crippen LogP contribution < -0.4 is 10.6 Å². The number of piperidine rings is 1. The fraction of sp³-hybridized carbons (Fsp3) is 0.474. The summed E-state index contributed by atoms with van der Waals surface area (Å²) in [7, 11) is 3.19. The van der Waals surface area contributed by atoms with Gasteiger partial charge in [0.1, 0.15) is 6.04 Å². The van der Waals surface area contributed by atoms with Crippen LogP contribution in [0.15, 0.2) is 18.2 Å². The van der Waals surface area contributed by atoms with E-state index in [1.807, 2.05) is 27.7 Å². The van der Waals surface area contributed by atoms with Crippen LogP contribution in [0, 0.1) is 0 Å². The van der Waals surface area contributed by atoms with Crippen LogP contribution in [0.4, 0.5) is 5.69 Å². The van der Waals surface area contributed by atoms with Gasteiger partial charge >= 0.3 is 0 Å². The normalized spacial score (nSPS) is 15.4. The highest BCUT2D eigenvalue weighted by molar-refractivity contribution is 6.06. The second-order valence-electron chi connectivity index (χ2n) is 5.05. The van der Waals surface area contributed by atoms with Gasteiger partial charge in [-0.3, -0.25) is 24.5 Å². The van der Waals surface area contributed by atoms with Gasteiger partial charge in [0.25, 0.3) is 5.91 Å². The lowest BCUT2D eigenvalue weighted by Crippen LogP contribution is -2.53. The monoisotopic (exact) mass is 363 g/mol. The molecule has 1 heterocycles. The van der Waals surface area contributed by atoms with E-state index < -0.39 is 17.9 Å². The molecule has 0 bridgehead atoms. The van der Waals surface area contributed by atoms with Crippen molar-refractivity contribution in [2.24, 2.45) is 0 Å². The van der Waals surface area contributed by atoms with Gasteiger partial charge in [0.15, 0.2) is 6.29 Å². The van der Waals surface area contributed by atoms with E-state index in [0.717, 1.165) is 0 Å². The second-order valence-corrected chi connectivity index (χ2v) is 5.05. The number of rotatable bonds is 4. The van der Waals surface area contributed by atoms with Crippen molar-refractivity contribution < 1.29 is 19.2 Å². The van der Waals surface area contributed by atoms with Crippen LogP contribution in [0.1, 0.15) is 61.3 Å². The van der Waals surface area contributed by atoms with Gasteiger partial charge in [0.2, 0.25) is 11.8 Å². The van der Waals surface area contributed by atoms with Crippen LogP contribution in [0.5, 0.6) is 0 Å². The summed E-state index contributed by atoms with van der Waals surface area (Å²) in [6, 6.07) is 4.08. The fourth-order valence-corrected chi connectivity index (χ4v) is 2.38. The number of hydrogen-bond donors (Lipinski definition) is 2. The molecule has 0 aliphatic carbocycles. The van der Waals surface area contributed by atoms with E-state index in [2.05, 4.69) is 10.6 Å². The van der Waals surface area contributed by atoms with Crippen molar-refractivity contribution in [2.45, 2.75) is 46.6 Å². The predicted octanol–water partition coefficient (Wildman–Crippen LogP) is 2.47. The van der Waals surface area contributed by atoms with Crippen molar-refractivity contribution in [1.29, 1.82) is 0 Å². The van der Waals surface area contributed by atoms with Gasteiger partial charge in [-0.05, 0) is 24.6 Å². The van der Waals surface area contributed by atoms with E-state index in [9.17, 15) is 19.2 Å². The third-order valence-electron chi connectivity index (χ3n) is 3.70. The van der Waals surface area contributed by atoms with Crippen molar-refractivity contribution in [1.82, 2.24) is 10.2 Å². The first-order chi connectivity index (χ1) is 12.5. The largest absolute Gasteiger partial charge is 0.388 e. The topological polar surface area (TPSA) is 95.6 Å². The van der Waals surface area contributed by atoms with Crippen LogP contribution in [-0.2, 0) is 9.59 Å². The molecule has 1 aliphatic heterocycles. The number of carbonyl (C=O) groups is 4. The maximum Gasteiger partial charge on any atom is 0.255 e. The summed E-state index contributed by atoms with van der Waals surface area (Å²) >= 11 is 0. The molecule has 1 aromatic carbocycles. The number of amides is 3. The number of anilines is 1. The van der Waals surface area contributed by atoms with E-state index in [1.54, 1.807) is 25.2 Å². The molecule has 7 nitrogen and oxygen atoms in total. The van der Waals surface area contributed by atoms with Gasteiger partial charge in [0, 0.05) is 31.8 Å². The summed E-state index contributed by atoms with van der Waals surface area (Å²) < 4.78 is 0. The van der Waals surface area contributed by atoms with Crippen molar-refractivity contribution in [3.63, 3.8) is 0 Å². The number of aldehydes is 1. The molecule has 0 spiro atoms. The Morgan fingerprint density at radius 1 is 1.23 bits per heavy atom. The minimum Gasteiger partial charge on any atom is -0.388 e. The maximum absolute atomic E-state index is 12.6. The smallest absolute Gasteiger partial charge is 0.255 e. The Bertz CT molecular complexity index is 644. The first-order valence-corrected chi connectivity index (χ1v) is 8.85. The molecular formula is C19H29N3O4. The number of carbonyl (C=O) groups excluding carboxylic acids is 4. The summed E-state index contributed by atoms with van der Waals surface area (Å²) in [6.07, 6.45) is 1.06. The molecular weight excluding hydrogens is 334 g/mol. The average molecular weight is 363 g/mol. The van der Waals surface area contributed by atoms with E-state index in [4.69, 9.17) is 0 Å². The highest BCUT2D eigenvalue weighted by Crippen LogP contribution is 2.19. The maximum atomic E-state index is 12.6. The van der Waals surface area contributed by atoms with Crippen LogP contribution in [0.3, 0.4) is 0 Å². The summed E-state index contributed by atoms with van der Waals surface area (Å²) in [5.41, 5.74) is 1.16. The zero-order valence-corrected chi connectivity index (χ0v) is 16.4. The molecule has 26 heavy (non-hydrogen) atoms. The van der Waals surface area contributed by atoms with Gasteiger partial charge in [-0.15, -0.1) is 0 Å². The minimum absolute atomic E-state index is 0.186. The Hall–Kier alpha value is -2.70. The summed E-state index contributed by atoms with van der Waals surface area (Å²) in [5, 5.41) is 5.11. The third-order valence-corrected chi connectivity index (χ3v) is 3.70. The minimum atomic E-state index is -0.719. The first-order valence-electron chi connectivity index (χ1n) is 8.85. The van der Waals surface area contributed by atoms with Gasteiger partial charge in [-0.2, -0.15) is 0 Å².